The Labute approximate surface area is 125 Å². The van der Waals surface area contributed by atoms with E-state index in [0.29, 0.717) is 11.8 Å². The van der Waals surface area contributed by atoms with Crippen molar-refractivity contribution in [2.75, 3.05) is 13.1 Å². The molecule has 0 aliphatic carbocycles. The van der Waals surface area contributed by atoms with E-state index in [1.807, 2.05) is 11.3 Å². The fourth-order valence-corrected chi connectivity index (χ4v) is 4.01. The molecule has 3 rings (SSSR count). The fourth-order valence-electron chi connectivity index (χ4n) is 2.78. The molecule has 1 aromatic heterocycles. The second-order valence-electron chi connectivity index (χ2n) is 5.83. The summed E-state index contributed by atoms with van der Waals surface area (Å²) >= 11 is 1.92. The van der Waals surface area contributed by atoms with Crippen molar-refractivity contribution in [1.29, 1.82) is 0 Å². The van der Waals surface area contributed by atoms with E-state index >= 15 is 0 Å². The zero-order chi connectivity index (χ0) is 13.9. The molecule has 20 heavy (non-hydrogen) atoms. The maximum absolute atomic E-state index is 5.00. The number of aromatic nitrogens is 1. The minimum absolute atomic E-state index is 0.535. The van der Waals surface area contributed by atoms with Crippen molar-refractivity contribution >= 4 is 11.3 Å². The van der Waals surface area contributed by atoms with E-state index in [1.165, 1.54) is 34.0 Å². The lowest BCUT2D eigenvalue weighted by Gasteiger charge is -2.20. The van der Waals surface area contributed by atoms with Crippen LogP contribution in [-0.2, 0) is 0 Å². The van der Waals surface area contributed by atoms with E-state index in [1.54, 1.807) is 0 Å². The van der Waals surface area contributed by atoms with Crippen molar-refractivity contribution in [3.63, 3.8) is 0 Å². The van der Waals surface area contributed by atoms with E-state index in [-0.39, 0.29) is 0 Å². The average Bonchev–Trinajstić information content (AvgIpc) is 2.94. The van der Waals surface area contributed by atoms with Gasteiger partial charge in [-0.15, -0.1) is 11.3 Å². The molecule has 1 atom stereocenters. The molecule has 0 spiro atoms. The summed E-state index contributed by atoms with van der Waals surface area (Å²) in [6.45, 7) is 6.77. The second-order valence-corrected chi connectivity index (χ2v) is 6.89. The number of piperidine rings is 1. The van der Waals surface area contributed by atoms with Crippen LogP contribution in [0.3, 0.4) is 0 Å². The fraction of sp³-hybridized carbons (Fsp3) is 0.471. The van der Waals surface area contributed by atoms with Gasteiger partial charge in [-0.25, -0.2) is 4.98 Å². The average molecular weight is 286 g/mol. The Balaban J connectivity index is 1.98. The number of benzene rings is 1. The third kappa shape index (κ3) is 2.79. The van der Waals surface area contributed by atoms with Gasteiger partial charge >= 0.3 is 0 Å². The first-order chi connectivity index (χ1) is 9.75. The van der Waals surface area contributed by atoms with Crippen LogP contribution in [0.25, 0.3) is 11.3 Å². The summed E-state index contributed by atoms with van der Waals surface area (Å²) in [5, 5.41) is 4.82. The van der Waals surface area contributed by atoms with Gasteiger partial charge in [0, 0.05) is 22.9 Å². The molecular weight excluding hydrogens is 264 g/mol. The molecular formula is C17H22N2S. The molecule has 0 saturated carbocycles. The summed E-state index contributed by atoms with van der Waals surface area (Å²) in [5.41, 5.74) is 2.45. The molecule has 0 amide bonds. The summed E-state index contributed by atoms with van der Waals surface area (Å²) in [6.07, 6.45) is 2.54. The topological polar surface area (TPSA) is 24.9 Å². The summed E-state index contributed by atoms with van der Waals surface area (Å²) < 4.78 is 0. The van der Waals surface area contributed by atoms with Crippen molar-refractivity contribution in [1.82, 2.24) is 10.3 Å². The predicted octanol–water partition coefficient (Wildman–Crippen LogP) is 4.40. The number of thiazole rings is 1. The molecule has 2 aromatic rings. The second kappa shape index (κ2) is 6.06. The van der Waals surface area contributed by atoms with Gasteiger partial charge < -0.3 is 5.32 Å². The van der Waals surface area contributed by atoms with Gasteiger partial charge in [0.15, 0.2) is 0 Å². The minimum Gasteiger partial charge on any atom is -0.316 e. The van der Waals surface area contributed by atoms with Gasteiger partial charge in [0.1, 0.15) is 0 Å². The van der Waals surface area contributed by atoms with Gasteiger partial charge in [0.25, 0.3) is 0 Å². The van der Waals surface area contributed by atoms with Crippen LogP contribution in [0.1, 0.15) is 48.4 Å². The maximum atomic E-state index is 5.00. The number of hydrogen-bond donors (Lipinski definition) is 1. The van der Waals surface area contributed by atoms with Gasteiger partial charge in [0.05, 0.1) is 10.7 Å². The first-order valence-corrected chi connectivity index (χ1v) is 8.34. The predicted molar refractivity (Wildman–Crippen MR) is 86.5 cm³/mol. The summed E-state index contributed by atoms with van der Waals surface area (Å²) in [5.74, 6) is 1.14. The minimum atomic E-state index is 0.535. The van der Waals surface area contributed by atoms with Gasteiger partial charge in [-0.1, -0.05) is 44.2 Å². The van der Waals surface area contributed by atoms with E-state index in [0.717, 1.165) is 13.1 Å². The van der Waals surface area contributed by atoms with E-state index < -0.39 is 0 Å². The zero-order valence-corrected chi connectivity index (χ0v) is 13.0. The normalized spacial score (nSPS) is 19.4. The lowest BCUT2D eigenvalue weighted by molar-refractivity contribution is 0.460. The highest BCUT2D eigenvalue weighted by molar-refractivity contribution is 7.12. The molecule has 3 heteroatoms. The molecule has 0 bridgehead atoms. The Morgan fingerprint density at radius 1 is 1.25 bits per heavy atom. The van der Waals surface area contributed by atoms with E-state index in [9.17, 15) is 0 Å². The quantitative estimate of drug-likeness (QED) is 0.904. The highest BCUT2D eigenvalue weighted by Gasteiger charge is 2.22. The van der Waals surface area contributed by atoms with Crippen molar-refractivity contribution in [2.45, 2.75) is 38.5 Å². The van der Waals surface area contributed by atoms with Crippen LogP contribution < -0.4 is 5.32 Å². The summed E-state index contributed by atoms with van der Waals surface area (Å²) in [4.78, 5) is 6.43. The molecule has 1 aromatic carbocycles. The van der Waals surface area contributed by atoms with Crippen LogP contribution in [-0.4, -0.2) is 18.1 Å². The third-order valence-corrected chi connectivity index (χ3v) is 5.41. The first-order valence-electron chi connectivity index (χ1n) is 7.52. The maximum Gasteiger partial charge on any atom is 0.0979 e. The third-order valence-electron chi connectivity index (χ3n) is 3.89. The monoisotopic (exact) mass is 286 g/mol. The van der Waals surface area contributed by atoms with Crippen LogP contribution in [0.4, 0.5) is 0 Å². The molecule has 106 valence electrons. The van der Waals surface area contributed by atoms with Gasteiger partial charge in [0.2, 0.25) is 0 Å². The van der Waals surface area contributed by atoms with Gasteiger partial charge in [-0.05, 0) is 25.3 Å². The van der Waals surface area contributed by atoms with E-state index in [4.69, 9.17) is 4.98 Å². The molecule has 1 N–H and O–H groups in total. The van der Waals surface area contributed by atoms with Crippen LogP contribution in [0.15, 0.2) is 30.3 Å². The number of nitrogens with zero attached hydrogens (tertiary/aromatic N) is 1. The lowest BCUT2D eigenvalue weighted by Crippen LogP contribution is -2.28. The van der Waals surface area contributed by atoms with Gasteiger partial charge in [-0.3, -0.25) is 0 Å². The molecule has 2 heterocycles. The molecule has 1 saturated heterocycles. The lowest BCUT2D eigenvalue weighted by atomic mass is 10.0. The molecule has 1 unspecified atom stereocenters. The molecule has 1 aliphatic heterocycles. The van der Waals surface area contributed by atoms with Crippen LogP contribution >= 0.6 is 11.3 Å². The highest BCUT2D eigenvalue weighted by Crippen LogP contribution is 2.37. The van der Waals surface area contributed by atoms with Crippen molar-refractivity contribution < 1.29 is 0 Å². The standard InChI is InChI=1S/C17H22N2S/c1-12(2)16-15(13-7-4-3-5-8-13)19-17(20-16)14-9-6-10-18-11-14/h3-5,7-8,12,14,18H,6,9-11H2,1-2H3. The summed E-state index contributed by atoms with van der Waals surface area (Å²) in [6, 6.07) is 10.6. The summed E-state index contributed by atoms with van der Waals surface area (Å²) in [7, 11) is 0. The van der Waals surface area contributed by atoms with Crippen LogP contribution in [0.5, 0.6) is 0 Å². The number of hydrogen-bond acceptors (Lipinski definition) is 3. The van der Waals surface area contributed by atoms with Crippen molar-refractivity contribution in [3.05, 3.63) is 40.2 Å². The Hall–Kier alpha value is -1.19. The van der Waals surface area contributed by atoms with E-state index in [2.05, 4.69) is 49.5 Å². The first kappa shape index (κ1) is 13.8. The Morgan fingerprint density at radius 3 is 2.70 bits per heavy atom. The smallest absolute Gasteiger partial charge is 0.0979 e. The number of rotatable bonds is 3. The largest absolute Gasteiger partial charge is 0.316 e. The molecule has 1 aliphatic rings. The van der Waals surface area contributed by atoms with Crippen LogP contribution in [0.2, 0.25) is 0 Å². The molecule has 0 radical (unpaired) electrons. The van der Waals surface area contributed by atoms with Crippen LogP contribution in [0, 0.1) is 0 Å². The molecule has 1 fully saturated rings. The zero-order valence-electron chi connectivity index (χ0n) is 12.2. The van der Waals surface area contributed by atoms with Gasteiger partial charge in [-0.2, -0.15) is 0 Å². The van der Waals surface area contributed by atoms with Crippen molar-refractivity contribution in [3.8, 4) is 11.3 Å². The highest BCUT2D eigenvalue weighted by atomic mass is 32.1. The Morgan fingerprint density at radius 2 is 2.05 bits per heavy atom. The van der Waals surface area contributed by atoms with Crippen molar-refractivity contribution in [2.24, 2.45) is 0 Å². The Kier molecular flexibility index (Phi) is 4.18. The Bertz CT molecular complexity index is 554. The SMILES string of the molecule is CC(C)c1sc(C2CCCNC2)nc1-c1ccccc1. The number of nitrogens with one attached hydrogen (secondary N) is 1. The molecule has 2 nitrogen and oxygen atoms in total.